The number of hydrogen-bond acceptors (Lipinski definition) is 4. The van der Waals surface area contributed by atoms with Gasteiger partial charge in [-0.25, -0.2) is 0 Å². The molecule has 0 aliphatic carbocycles. The molecule has 1 amide bonds. The van der Waals surface area contributed by atoms with E-state index >= 15 is 0 Å². The van der Waals surface area contributed by atoms with Crippen molar-refractivity contribution >= 4 is 5.91 Å². The fourth-order valence-corrected chi connectivity index (χ4v) is 7.30. The summed E-state index contributed by atoms with van der Waals surface area (Å²) in [6.07, 6.45) is 53.6. The van der Waals surface area contributed by atoms with Crippen molar-refractivity contribution in [2.75, 3.05) is 6.61 Å². The average Bonchev–Trinajstić information content (AvgIpc) is 3.16. The molecule has 0 aliphatic rings. The van der Waals surface area contributed by atoms with E-state index in [0.29, 0.717) is 6.42 Å². The van der Waals surface area contributed by atoms with Gasteiger partial charge in [0, 0.05) is 0 Å². The zero-order chi connectivity index (χ0) is 38.7. The Morgan fingerprint density at radius 1 is 0.453 bits per heavy atom. The first-order valence-corrected chi connectivity index (χ1v) is 23.7. The zero-order valence-electron chi connectivity index (χ0n) is 35.7. The van der Waals surface area contributed by atoms with Crippen molar-refractivity contribution in [3.63, 3.8) is 0 Å². The molecular formula is C48H93NO4. The minimum absolute atomic E-state index is 0.363. The second-order valence-electron chi connectivity index (χ2n) is 16.3. The molecule has 0 aromatic carbocycles. The number of aliphatic hydroxyl groups is 3. The van der Waals surface area contributed by atoms with Crippen LogP contribution in [0.15, 0.2) is 24.3 Å². The van der Waals surface area contributed by atoms with Gasteiger partial charge in [-0.05, 0) is 44.9 Å². The molecule has 0 saturated carbocycles. The number of allylic oxidation sites excluding steroid dienone is 3. The molecule has 4 N–H and O–H groups in total. The lowest BCUT2D eigenvalue weighted by molar-refractivity contribution is -0.131. The van der Waals surface area contributed by atoms with Gasteiger partial charge in [0.25, 0.3) is 0 Å². The van der Waals surface area contributed by atoms with Crippen LogP contribution in [0.25, 0.3) is 0 Å². The Morgan fingerprint density at radius 2 is 0.755 bits per heavy atom. The highest BCUT2D eigenvalue weighted by Gasteiger charge is 2.22. The first kappa shape index (κ1) is 51.8. The zero-order valence-corrected chi connectivity index (χ0v) is 35.7. The maximum Gasteiger partial charge on any atom is 0.249 e. The van der Waals surface area contributed by atoms with Gasteiger partial charge in [0.2, 0.25) is 5.91 Å². The molecule has 0 rings (SSSR count). The number of unbranched alkanes of at least 4 members (excludes halogenated alkanes) is 33. The highest BCUT2D eigenvalue weighted by molar-refractivity contribution is 5.80. The molecule has 0 spiro atoms. The van der Waals surface area contributed by atoms with Crippen LogP contribution >= 0.6 is 0 Å². The highest BCUT2D eigenvalue weighted by atomic mass is 16.3. The largest absolute Gasteiger partial charge is 0.394 e. The predicted molar refractivity (Wildman–Crippen MR) is 231 cm³/mol. The lowest BCUT2D eigenvalue weighted by Gasteiger charge is -2.21. The Balaban J connectivity index is 3.65. The van der Waals surface area contributed by atoms with Crippen molar-refractivity contribution in [1.82, 2.24) is 5.32 Å². The number of aliphatic hydroxyl groups excluding tert-OH is 3. The first-order valence-electron chi connectivity index (χ1n) is 23.7. The first-order chi connectivity index (χ1) is 26.1. The third-order valence-electron chi connectivity index (χ3n) is 11.0. The van der Waals surface area contributed by atoms with E-state index in [0.717, 1.165) is 32.1 Å². The Morgan fingerprint density at radius 3 is 1.09 bits per heavy atom. The number of rotatable bonds is 43. The molecule has 0 saturated heterocycles. The summed E-state index contributed by atoms with van der Waals surface area (Å²) in [5, 5.41) is 33.2. The highest BCUT2D eigenvalue weighted by Crippen LogP contribution is 2.16. The molecule has 0 aliphatic heterocycles. The van der Waals surface area contributed by atoms with Crippen LogP contribution in [0.4, 0.5) is 0 Å². The molecule has 0 aromatic rings. The quantitative estimate of drug-likeness (QED) is 0.0369. The summed E-state index contributed by atoms with van der Waals surface area (Å²) in [5.41, 5.74) is 0. The fourth-order valence-electron chi connectivity index (χ4n) is 7.30. The molecule has 53 heavy (non-hydrogen) atoms. The molecule has 0 aromatic heterocycles. The number of hydrogen-bond donors (Lipinski definition) is 4. The topological polar surface area (TPSA) is 89.8 Å². The molecule has 314 valence electrons. The summed E-state index contributed by atoms with van der Waals surface area (Å²) < 4.78 is 0. The minimum atomic E-state index is -1.10. The number of amides is 1. The third-order valence-corrected chi connectivity index (χ3v) is 11.0. The molecule has 5 nitrogen and oxygen atoms in total. The van der Waals surface area contributed by atoms with Crippen LogP contribution in [0.1, 0.15) is 251 Å². The van der Waals surface area contributed by atoms with E-state index in [1.807, 2.05) is 6.08 Å². The van der Waals surface area contributed by atoms with Gasteiger partial charge in [0.1, 0.15) is 6.10 Å². The lowest BCUT2D eigenvalue weighted by atomic mass is 10.0. The Hall–Kier alpha value is -1.17. The van der Waals surface area contributed by atoms with Gasteiger partial charge >= 0.3 is 0 Å². The van der Waals surface area contributed by atoms with E-state index in [1.165, 1.54) is 199 Å². The van der Waals surface area contributed by atoms with Crippen LogP contribution in [0.5, 0.6) is 0 Å². The Kier molecular flexibility index (Phi) is 42.6. The second-order valence-corrected chi connectivity index (χ2v) is 16.3. The van der Waals surface area contributed by atoms with E-state index in [-0.39, 0.29) is 6.61 Å². The number of carbonyl (C=O) groups is 1. The monoisotopic (exact) mass is 748 g/mol. The standard InChI is InChI=1S/C48H93NO4/c1-3-5-7-9-11-13-15-17-19-21-23-25-26-28-30-32-34-36-38-40-42-46(51)45(44-50)49-48(53)47(52)43-41-39-37-35-33-31-29-27-24-22-20-18-16-14-12-10-8-6-4-2/h24,27,40,42,45-47,50-52H,3-23,25-26,28-39,41,43-44H2,1-2H3,(H,49,53)/b27-24-,42-40+. The average molecular weight is 748 g/mol. The van der Waals surface area contributed by atoms with Gasteiger partial charge in [-0.3, -0.25) is 4.79 Å². The Bertz CT molecular complexity index is 784. The summed E-state index contributed by atoms with van der Waals surface area (Å²) in [7, 11) is 0. The van der Waals surface area contributed by atoms with Gasteiger partial charge in [-0.1, -0.05) is 231 Å². The molecule has 3 unspecified atom stereocenters. The maximum absolute atomic E-state index is 12.5. The van der Waals surface area contributed by atoms with E-state index in [9.17, 15) is 20.1 Å². The van der Waals surface area contributed by atoms with Gasteiger partial charge in [0.05, 0.1) is 18.8 Å². The molecule has 0 radical (unpaired) electrons. The van der Waals surface area contributed by atoms with Crippen molar-refractivity contribution in [2.45, 2.75) is 270 Å². The van der Waals surface area contributed by atoms with Crippen molar-refractivity contribution in [3.8, 4) is 0 Å². The van der Waals surface area contributed by atoms with Gasteiger partial charge in [-0.2, -0.15) is 0 Å². The Labute approximate surface area is 331 Å². The smallest absolute Gasteiger partial charge is 0.249 e. The summed E-state index contributed by atoms with van der Waals surface area (Å²) in [6.45, 7) is 4.20. The molecule has 0 heterocycles. The lowest BCUT2D eigenvalue weighted by Crippen LogP contribution is -2.48. The summed E-state index contributed by atoms with van der Waals surface area (Å²) in [6, 6.07) is -0.798. The van der Waals surface area contributed by atoms with Crippen LogP contribution in [-0.2, 0) is 4.79 Å². The van der Waals surface area contributed by atoms with Crippen molar-refractivity contribution in [2.24, 2.45) is 0 Å². The number of carbonyl (C=O) groups excluding carboxylic acids is 1. The maximum atomic E-state index is 12.5. The third kappa shape index (κ3) is 38.9. The van der Waals surface area contributed by atoms with E-state index in [2.05, 4.69) is 31.3 Å². The van der Waals surface area contributed by atoms with Crippen LogP contribution in [0.3, 0.4) is 0 Å². The van der Waals surface area contributed by atoms with Gasteiger partial charge in [0.15, 0.2) is 0 Å². The summed E-state index contributed by atoms with van der Waals surface area (Å²) in [4.78, 5) is 12.5. The summed E-state index contributed by atoms with van der Waals surface area (Å²) in [5.74, 6) is -0.505. The van der Waals surface area contributed by atoms with Gasteiger partial charge in [-0.15, -0.1) is 0 Å². The SMILES string of the molecule is CCCCCCCCCCC/C=C\CCCCCCCCC(O)C(=O)NC(CO)C(O)/C=C/CCCCCCCCCCCCCCCCCCCC. The van der Waals surface area contributed by atoms with E-state index in [4.69, 9.17) is 0 Å². The molecular weight excluding hydrogens is 655 g/mol. The van der Waals surface area contributed by atoms with Crippen LogP contribution in [0, 0.1) is 0 Å². The van der Waals surface area contributed by atoms with Crippen LogP contribution in [-0.4, -0.2) is 46.1 Å². The normalized spacial score (nSPS) is 13.7. The summed E-state index contributed by atoms with van der Waals surface area (Å²) >= 11 is 0. The van der Waals surface area contributed by atoms with Crippen molar-refractivity contribution in [3.05, 3.63) is 24.3 Å². The molecule has 3 atom stereocenters. The van der Waals surface area contributed by atoms with Crippen molar-refractivity contribution < 1.29 is 20.1 Å². The molecule has 0 bridgehead atoms. The molecule has 5 heteroatoms. The molecule has 0 fully saturated rings. The van der Waals surface area contributed by atoms with Gasteiger partial charge < -0.3 is 20.6 Å². The van der Waals surface area contributed by atoms with Crippen molar-refractivity contribution in [1.29, 1.82) is 0 Å². The van der Waals surface area contributed by atoms with E-state index < -0.39 is 24.2 Å². The van der Waals surface area contributed by atoms with Crippen LogP contribution < -0.4 is 5.32 Å². The number of nitrogens with one attached hydrogen (secondary N) is 1. The second kappa shape index (κ2) is 43.6. The fraction of sp³-hybridized carbons (Fsp3) is 0.896. The minimum Gasteiger partial charge on any atom is -0.394 e. The van der Waals surface area contributed by atoms with E-state index in [1.54, 1.807) is 6.08 Å². The van der Waals surface area contributed by atoms with Crippen LogP contribution in [0.2, 0.25) is 0 Å². The predicted octanol–water partition coefficient (Wildman–Crippen LogP) is 13.8.